The van der Waals surface area contributed by atoms with Crippen molar-refractivity contribution in [1.82, 2.24) is 24.6 Å². The Hall–Kier alpha value is -3.52. The summed E-state index contributed by atoms with van der Waals surface area (Å²) in [5.41, 5.74) is 3.44. The van der Waals surface area contributed by atoms with Gasteiger partial charge in [-0.2, -0.15) is 10.1 Å². The normalized spacial score (nSPS) is 18.9. The Bertz CT molecular complexity index is 1130. The first kappa shape index (κ1) is 20.4. The molecule has 2 aromatic carbocycles. The molecule has 2 aliphatic rings. The van der Waals surface area contributed by atoms with Crippen molar-refractivity contribution < 1.29 is 9.18 Å². The van der Waals surface area contributed by atoms with Crippen LogP contribution < -0.4 is 5.32 Å². The third-order valence-corrected chi connectivity index (χ3v) is 6.12. The molecule has 0 radical (unpaired) electrons. The van der Waals surface area contributed by atoms with Gasteiger partial charge in [0, 0.05) is 38.4 Å². The van der Waals surface area contributed by atoms with Gasteiger partial charge in [0.1, 0.15) is 18.2 Å². The lowest BCUT2D eigenvalue weighted by molar-refractivity contribution is -0.129. The van der Waals surface area contributed by atoms with Gasteiger partial charge in [-0.25, -0.2) is 9.07 Å². The van der Waals surface area contributed by atoms with Gasteiger partial charge in [-0.1, -0.05) is 42.5 Å². The number of nitrogens with zero attached hydrogens (tertiary/aromatic N) is 5. The highest BCUT2D eigenvalue weighted by molar-refractivity contribution is 5.96. The maximum Gasteiger partial charge on any atom is 0.254 e. The van der Waals surface area contributed by atoms with Gasteiger partial charge in [-0.3, -0.25) is 9.69 Å². The van der Waals surface area contributed by atoms with E-state index in [0.717, 1.165) is 30.9 Å². The first-order valence-electron chi connectivity index (χ1n) is 10.8. The highest BCUT2D eigenvalue weighted by atomic mass is 19.1. The lowest BCUT2D eigenvalue weighted by Crippen LogP contribution is -2.50. The standard InChI is InChI=1S/C24H25FN6O/c1-17-21(22(19-7-9-20(25)10-8-19)31-24(28-17)26-16-27-31)23(32)30-13-11-29(12-14-30)15-18-5-3-2-4-6-18/h2-10,16,22H,11-15H2,1H3,(H,26,27,28)/t22-/m0/s1. The molecule has 0 aliphatic carbocycles. The first-order valence-corrected chi connectivity index (χ1v) is 10.8. The highest BCUT2D eigenvalue weighted by Gasteiger charge is 2.36. The number of allylic oxidation sites excluding steroid dienone is 1. The molecule has 1 atom stereocenters. The zero-order chi connectivity index (χ0) is 22.1. The van der Waals surface area contributed by atoms with E-state index in [9.17, 15) is 9.18 Å². The molecule has 1 saturated heterocycles. The molecule has 1 N–H and O–H groups in total. The number of carbonyl (C=O) groups is 1. The summed E-state index contributed by atoms with van der Waals surface area (Å²) in [5, 5.41) is 7.54. The highest BCUT2D eigenvalue weighted by Crippen LogP contribution is 2.35. The van der Waals surface area contributed by atoms with Gasteiger partial charge in [-0.05, 0) is 30.2 Å². The number of nitrogens with one attached hydrogen (secondary N) is 1. The maximum absolute atomic E-state index is 13.7. The monoisotopic (exact) mass is 432 g/mol. The number of anilines is 1. The molecule has 164 valence electrons. The smallest absolute Gasteiger partial charge is 0.254 e. The van der Waals surface area contributed by atoms with Crippen LogP contribution in [0.1, 0.15) is 24.1 Å². The zero-order valence-corrected chi connectivity index (χ0v) is 17.9. The molecular weight excluding hydrogens is 407 g/mol. The largest absolute Gasteiger partial charge is 0.336 e. The van der Waals surface area contributed by atoms with Gasteiger partial charge in [0.05, 0.1) is 5.57 Å². The number of fused-ring (bicyclic) bond motifs is 1. The van der Waals surface area contributed by atoms with Crippen LogP contribution in [0.25, 0.3) is 0 Å². The SMILES string of the molecule is CC1=C(C(=O)N2CCN(Cc3ccccc3)CC2)[C@H](c2ccc(F)cc2)n2ncnc2N1. The summed E-state index contributed by atoms with van der Waals surface area (Å²) in [6.07, 6.45) is 1.46. The molecule has 8 heteroatoms. The number of carbonyl (C=O) groups excluding carboxylic acids is 1. The predicted octanol–water partition coefficient (Wildman–Crippen LogP) is 3.05. The Balaban J connectivity index is 1.36. The molecule has 0 saturated carbocycles. The second kappa shape index (κ2) is 8.55. The molecule has 0 unspecified atom stereocenters. The number of halogens is 1. The predicted molar refractivity (Wildman–Crippen MR) is 119 cm³/mol. The summed E-state index contributed by atoms with van der Waals surface area (Å²) in [6.45, 7) is 5.71. The van der Waals surface area contributed by atoms with E-state index < -0.39 is 6.04 Å². The van der Waals surface area contributed by atoms with Crippen molar-refractivity contribution >= 4 is 11.9 Å². The fourth-order valence-corrected chi connectivity index (χ4v) is 4.44. The third kappa shape index (κ3) is 3.89. The fourth-order valence-electron chi connectivity index (χ4n) is 4.44. The Kier molecular flexibility index (Phi) is 5.45. The summed E-state index contributed by atoms with van der Waals surface area (Å²) >= 11 is 0. The molecular formula is C24H25FN6O. The van der Waals surface area contributed by atoms with E-state index in [1.165, 1.54) is 24.0 Å². The fraction of sp³-hybridized carbons (Fsp3) is 0.292. The summed E-state index contributed by atoms with van der Waals surface area (Å²) in [4.78, 5) is 22.2. The van der Waals surface area contributed by atoms with Crippen LogP contribution in [0.15, 0.2) is 72.2 Å². The number of piperazine rings is 1. The number of hydrogen-bond acceptors (Lipinski definition) is 5. The van der Waals surface area contributed by atoms with Crippen molar-refractivity contribution in [3.63, 3.8) is 0 Å². The van der Waals surface area contributed by atoms with Gasteiger partial charge < -0.3 is 10.2 Å². The average molecular weight is 433 g/mol. The minimum Gasteiger partial charge on any atom is -0.336 e. The van der Waals surface area contributed by atoms with Crippen LogP contribution >= 0.6 is 0 Å². The second-order valence-corrected chi connectivity index (χ2v) is 8.20. The Morgan fingerprint density at radius 1 is 1.06 bits per heavy atom. The molecule has 32 heavy (non-hydrogen) atoms. The molecule has 3 heterocycles. The molecule has 2 aliphatic heterocycles. The maximum atomic E-state index is 13.7. The van der Waals surface area contributed by atoms with Crippen molar-refractivity contribution in [1.29, 1.82) is 0 Å². The number of amides is 1. The molecule has 3 aromatic rings. The minimum absolute atomic E-state index is 0.0233. The van der Waals surface area contributed by atoms with Gasteiger partial charge in [0.2, 0.25) is 5.95 Å². The molecule has 1 fully saturated rings. The van der Waals surface area contributed by atoms with Crippen LogP contribution in [0, 0.1) is 5.82 Å². The average Bonchev–Trinajstić information content (AvgIpc) is 3.28. The molecule has 1 amide bonds. The van der Waals surface area contributed by atoms with Gasteiger partial charge >= 0.3 is 0 Å². The second-order valence-electron chi connectivity index (χ2n) is 8.20. The Morgan fingerprint density at radius 3 is 2.50 bits per heavy atom. The van der Waals surface area contributed by atoms with E-state index in [4.69, 9.17) is 0 Å². The van der Waals surface area contributed by atoms with Crippen LogP contribution in [0.2, 0.25) is 0 Å². The van der Waals surface area contributed by atoms with Gasteiger partial charge in [-0.15, -0.1) is 0 Å². The summed E-state index contributed by atoms with van der Waals surface area (Å²) in [7, 11) is 0. The number of aromatic nitrogens is 3. The van der Waals surface area contributed by atoms with Crippen molar-refractivity contribution in [2.75, 3.05) is 31.5 Å². The summed E-state index contributed by atoms with van der Waals surface area (Å²) in [5.74, 6) is 0.232. The van der Waals surface area contributed by atoms with E-state index in [2.05, 4.69) is 44.6 Å². The van der Waals surface area contributed by atoms with Crippen molar-refractivity contribution in [2.24, 2.45) is 0 Å². The topological polar surface area (TPSA) is 66.3 Å². The minimum atomic E-state index is -0.454. The van der Waals surface area contributed by atoms with Crippen LogP contribution in [-0.2, 0) is 11.3 Å². The zero-order valence-electron chi connectivity index (χ0n) is 17.9. The van der Waals surface area contributed by atoms with E-state index in [-0.39, 0.29) is 11.7 Å². The van der Waals surface area contributed by atoms with Gasteiger partial charge in [0.25, 0.3) is 5.91 Å². The first-order chi connectivity index (χ1) is 15.6. The quantitative estimate of drug-likeness (QED) is 0.687. The van der Waals surface area contributed by atoms with Crippen LogP contribution in [0.4, 0.5) is 10.3 Å². The lowest BCUT2D eigenvalue weighted by Gasteiger charge is -2.37. The molecule has 0 bridgehead atoms. The number of rotatable bonds is 4. The lowest BCUT2D eigenvalue weighted by atomic mass is 9.94. The molecule has 0 spiro atoms. The van der Waals surface area contributed by atoms with Crippen molar-refractivity contribution in [3.05, 3.63) is 89.1 Å². The molecule has 1 aromatic heterocycles. The summed E-state index contributed by atoms with van der Waals surface area (Å²) < 4.78 is 15.3. The van der Waals surface area contributed by atoms with Crippen molar-refractivity contribution in [2.45, 2.75) is 19.5 Å². The number of hydrogen-bond donors (Lipinski definition) is 1. The molecule has 5 rings (SSSR count). The summed E-state index contributed by atoms with van der Waals surface area (Å²) in [6, 6.07) is 16.1. The van der Waals surface area contributed by atoms with Crippen LogP contribution in [0.5, 0.6) is 0 Å². The van der Waals surface area contributed by atoms with E-state index in [1.54, 1.807) is 16.8 Å². The van der Waals surface area contributed by atoms with E-state index in [0.29, 0.717) is 24.6 Å². The third-order valence-electron chi connectivity index (χ3n) is 6.12. The Morgan fingerprint density at radius 2 is 1.78 bits per heavy atom. The van der Waals surface area contributed by atoms with Crippen LogP contribution in [0.3, 0.4) is 0 Å². The van der Waals surface area contributed by atoms with Crippen LogP contribution in [-0.4, -0.2) is 56.7 Å². The van der Waals surface area contributed by atoms with Gasteiger partial charge in [0.15, 0.2) is 0 Å². The van der Waals surface area contributed by atoms with Crippen molar-refractivity contribution in [3.8, 4) is 0 Å². The van der Waals surface area contributed by atoms with E-state index >= 15 is 0 Å². The Labute approximate surface area is 186 Å². The molecule has 7 nitrogen and oxygen atoms in total. The number of benzene rings is 2. The van der Waals surface area contributed by atoms with E-state index in [1.807, 2.05) is 17.9 Å².